The van der Waals surface area contributed by atoms with E-state index in [1.54, 1.807) is 37.5 Å². The van der Waals surface area contributed by atoms with Crippen molar-refractivity contribution >= 4 is 42.1 Å². The van der Waals surface area contributed by atoms with Crippen molar-refractivity contribution in [1.29, 1.82) is 0 Å². The van der Waals surface area contributed by atoms with E-state index in [1.165, 1.54) is 23.0 Å². The van der Waals surface area contributed by atoms with E-state index in [-0.39, 0.29) is 55.0 Å². The number of rotatable bonds is 8. The van der Waals surface area contributed by atoms with Crippen LogP contribution in [0.3, 0.4) is 0 Å². The SMILES string of the molecule is CC(=O)N1CCC[C@@H](C(=O)NCc2ccc(C(C)C)cc2)C1.CC(=O)N1CCN(C(=O)OC(C)(C)C)[C@@H](C(=O)NCc2ccc(C(C)C)cc2)C1.Cl. The van der Waals surface area contributed by atoms with Crippen LogP contribution in [0.2, 0.25) is 0 Å². The third-order valence-corrected chi connectivity index (χ3v) is 9.22. The molecule has 2 atom stereocenters. The van der Waals surface area contributed by atoms with Gasteiger partial charge in [0.05, 0.1) is 12.5 Å². The quantitative estimate of drug-likeness (QED) is 0.342. The standard InChI is InChI=1S/C22H33N3O4.C18H26N2O2.ClH/c1-15(2)18-9-7-17(8-10-18)13-23-20(27)19-14-24(16(3)26)11-12-25(19)21(28)29-22(4,5)6;1-13(2)16-8-6-15(7-9-16)11-19-18(22)17-5-4-10-20(12-17)14(3)21;/h7-10,15,19H,11-14H2,1-6H3,(H,23,27);6-9,13,17H,4-5,10-12H2,1-3H3,(H,19,22);1H/t19-;17-;/m11./s1. The first-order chi connectivity index (χ1) is 23.9. The summed E-state index contributed by atoms with van der Waals surface area (Å²) in [5.74, 6) is 0.586. The maximum atomic E-state index is 12.9. The first kappa shape index (κ1) is 44.0. The Morgan fingerprint density at radius 2 is 1.17 bits per heavy atom. The number of halogens is 1. The van der Waals surface area contributed by atoms with Crippen LogP contribution < -0.4 is 10.6 Å². The number of piperazine rings is 1. The number of likely N-dealkylation sites (tertiary alicyclic amines) is 1. The smallest absolute Gasteiger partial charge is 0.411 e. The van der Waals surface area contributed by atoms with E-state index >= 15 is 0 Å². The van der Waals surface area contributed by atoms with Crippen LogP contribution >= 0.6 is 12.4 Å². The molecule has 4 rings (SSSR count). The van der Waals surface area contributed by atoms with Crippen molar-refractivity contribution in [2.75, 3.05) is 32.7 Å². The molecule has 0 radical (unpaired) electrons. The van der Waals surface area contributed by atoms with E-state index in [1.807, 2.05) is 12.1 Å². The summed E-state index contributed by atoms with van der Waals surface area (Å²) in [4.78, 5) is 65.8. The lowest BCUT2D eigenvalue weighted by molar-refractivity contribution is -0.137. The lowest BCUT2D eigenvalue weighted by Gasteiger charge is -2.40. The maximum absolute atomic E-state index is 12.9. The Bertz CT molecular complexity index is 1490. The highest BCUT2D eigenvalue weighted by molar-refractivity contribution is 5.87. The molecule has 52 heavy (non-hydrogen) atoms. The molecule has 288 valence electrons. The summed E-state index contributed by atoms with van der Waals surface area (Å²) in [5, 5.41) is 5.90. The number of benzene rings is 2. The highest BCUT2D eigenvalue weighted by Gasteiger charge is 2.38. The lowest BCUT2D eigenvalue weighted by atomic mass is 9.97. The molecular weight excluding hydrogens is 682 g/mol. The maximum Gasteiger partial charge on any atom is 0.411 e. The molecule has 2 aromatic carbocycles. The molecular formula is C40H60ClN5O6. The Hall–Kier alpha value is -4.12. The van der Waals surface area contributed by atoms with Gasteiger partial charge in [-0.15, -0.1) is 12.4 Å². The van der Waals surface area contributed by atoms with Gasteiger partial charge in [-0.25, -0.2) is 4.79 Å². The molecule has 0 bridgehead atoms. The first-order valence-corrected chi connectivity index (χ1v) is 18.2. The highest BCUT2D eigenvalue weighted by atomic mass is 35.5. The van der Waals surface area contributed by atoms with Gasteiger partial charge in [-0.3, -0.25) is 24.1 Å². The number of nitrogens with zero attached hydrogens (tertiary/aromatic N) is 3. The van der Waals surface area contributed by atoms with Gasteiger partial charge in [0.15, 0.2) is 0 Å². The van der Waals surface area contributed by atoms with Crippen molar-refractivity contribution < 1.29 is 28.7 Å². The van der Waals surface area contributed by atoms with Crippen molar-refractivity contribution in [3.63, 3.8) is 0 Å². The van der Waals surface area contributed by atoms with Gasteiger partial charge in [0.25, 0.3) is 0 Å². The summed E-state index contributed by atoms with van der Waals surface area (Å²) in [5.41, 5.74) is 3.97. The van der Waals surface area contributed by atoms with Crippen LogP contribution in [0.4, 0.5) is 4.79 Å². The van der Waals surface area contributed by atoms with E-state index in [4.69, 9.17) is 4.74 Å². The molecule has 11 nitrogen and oxygen atoms in total. The van der Waals surface area contributed by atoms with Gasteiger partial charge in [-0.2, -0.15) is 0 Å². The van der Waals surface area contributed by atoms with Crippen LogP contribution in [0.25, 0.3) is 0 Å². The van der Waals surface area contributed by atoms with Crippen LogP contribution in [-0.2, 0) is 37.0 Å². The van der Waals surface area contributed by atoms with Crippen LogP contribution in [0.15, 0.2) is 48.5 Å². The minimum Gasteiger partial charge on any atom is -0.444 e. The largest absolute Gasteiger partial charge is 0.444 e. The molecule has 5 amide bonds. The van der Waals surface area contributed by atoms with Gasteiger partial charge in [-0.1, -0.05) is 76.2 Å². The topological polar surface area (TPSA) is 128 Å². The molecule has 0 unspecified atom stereocenters. The number of carbonyl (C=O) groups is 5. The highest BCUT2D eigenvalue weighted by Crippen LogP contribution is 2.20. The number of hydrogen-bond acceptors (Lipinski definition) is 6. The first-order valence-electron chi connectivity index (χ1n) is 18.2. The Labute approximate surface area is 316 Å². The molecule has 2 aliphatic heterocycles. The predicted octanol–water partition coefficient (Wildman–Crippen LogP) is 6.00. The molecule has 2 saturated heterocycles. The zero-order valence-electron chi connectivity index (χ0n) is 32.5. The monoisotopic (exact) mass is 741 g/mol. The van der Waals surface area contributed by atoms with Crippen LogP contribution in [-0.4, -0.2) is 88.8 Å². The summed E-state index contributed by atoms with van der Waals surface area (Å²) in [7, 11) is 0. The van der Waals surface area contributed by atoms with Gasteiger partial charge in [-0.05, 0) is 67.7 Å². The van der Waals surface area contributed by atoms with Gasteiger partial charge < -0.3 is 25.2 Å². The number of amides is 5. The number of nitrogens with one attached hydrogen (secondary N) is 2. The van der Waals surface area contributed by atoms with Gasteiger partial charge in [0.1, 0.15) is 11.6 Å². The van der Waals surface area contributed by atoms with Crippen molar-refractivity contribution in [2.24, 2.45) is 5.92 Å². The zero-order chi connectivity index (χ0) is 37.9. The molecule has 0 saturated carbocycles. The van der Waals surface area contributed by atoms with Crippen LogP contribution in [0, 0.1) is 5.92 Å². The Morgan fingerprint density at radius 3 is 1.62 bits per heavy atom. The minimum atomic E-state index is -0.780. The Kier molecular flexibility index (Phi) is 17.1. The second-order valence-corrected chi connectivity index (χ2v) is 15.2. The average molecular weight is 742 g/mol. The molecule has 2 fully saturated rings. The van der Waals surface area contributed by atoms with Crippen molar-refractivity contribution in [1.82, 2.24) is 25.3 Å². The third-order valence-electron chi connectivity index (χ3n) is 9.22. The molecule has 2 aliphatic rings. The second kappa shape index (κ2) is 20.2. The summed E-state index contributed by atoms with van der Waals surface area (Å²) >= 11 is 0. The van der Waals surface area contributed by atoms with E-state index in [2.05, 4.69) is 74.7 Å². The Morgan fingerprint density at radius 1 is 0.712 bits per heavy atom. The van der Waals surface area contributed by atoms with Crippen molar-refractivity contribution in [2.45, 2.75) is 112 Å². The molecule has 0 aromatic heterocycles. The predicted molar refractivity (Wildman–Crippen MR) is 206 cm³/mol. The molecule has 2 heterocycles. The number of hydrogen-bond donors (Lipinski definition) is 2. The average Bonchev–Trinajstić information content (AvgIpc) is 3.09. The third kappa shape index (κ3) is 13.8. The summed E-state index contributed by atoms with van der Waals surface area (Å²) in [6.07, 6.45) is 1.23. The normalized spacial score (nSPS) is 17.4. The molecule has 2 N–H and O–H groups in total. The van der Waals surface area contributed by atoms with Gasteiger partial charge in [0.2, 0.25) is 23.6 Å². The lowest BCUT2D eigenvalue weighted by Crippen LogP contribution is -2.61. The summed E-state index contributed by atoms with van der Waals surface area (Å²) in [6.45, 7) is 20.0. The Balaban J connectivity index is 0.000000366. The molecule has 12 heteroatoms. The summed E-state index contributed by atoms with van der Waals surface area (Å²) in [6, 6.07) is 15.7. The fraction of sp³-hybridized carbons (Fsp3) is 0.575. The molecule has 2 aromatic rings. The van der Waals surface area contributed by atoms with E-state index in [9.17, 15) is 24.0 Å². The number of carbonyl (C=O) groups excluding carboxylic acids is 5. The van der Waals surface area contributed by atoms with Gasteiger partial charge >= 0.3 is 6.09 Å². The van der Waals surface area contributed by atoms with Crippen molar-refractivity contribution in [3.05, 3.63) is 70.8 Å². The van der Waals surface area contributed by atoms with E-state index in [0.717, 1.165) is 30.5 Å². The number of piperidine rings is 1. The molecule has 0 aliphatic carbocycles. The van der Waals surface area contributed by atoms with E-state index in [0.29, 0.717) is 38.0 Å². The van der Waals surface area contributed by atoms with Crippen LogP contribution in [0.5, 0.6) is 0 Å². The van der Waals surface area contributed by atoms with Gasteiger partial charge in [0, 0.05) is 53.1 Å². The van der Waals surface area contributed by atoms with Crippen LogP contribution in [0.1, 0.15) is 109 Å². The van der Waals surface area contributed by atoms with Crippen molar-refractivity contribution in [3.8, 4) is 0 Å². The fourth-order valence-corrected chi connectivity index (χ4v) is 5.99. The number of ether oxygens (including phenoxy) is 1. The van der Waals surface area contributed by atoms with E-state index < -0.39 is 17.7 Å². The fourth-order valence-electron chi connectivity index (χ4n) is 5.99. The molecule has 0 spiro atoms. The second-order valence-electron chi connectivity index (χ2n) is 15.2. The zero-order valence-corrected chi connectivity index (χ0v) is 33.3. The minimum absolute atomic E-state index is 0. The summed E-state index contributed by atoms with van der Waals surface area (Å²) < 4.78 is 5.46.